The molecule has 0 aliphatic carbocycles. The van der Waals surface area contributed by atoms with Crippen LogP contribution in [-0.4, -0.2) is 56.9 Å². The maximum atomic E-state index is 11.7. The monoisotopic (exact) mass is 401 g/mol. The normalized spacial score (nSPS) is 16.0. The summed E-state index contributed by atoms with van der Waals surface area (Å²) in [5.74, 6) is 1.15. The highest BCUT2D eigenvalue weighted by Gasteiger charge is 2.32. The van der Waals surface area contributed by atoms with Gasteiger partial charge in [0.2, 0.25) is 5.89 Å². The van der Waals surface area contributed by atoms with Crippen molar-refractivity contribution in [3.63, 3.8) is 0 Å². The Kier molecular flexibility index (Phi) is 4.88. The average Bonchev–Trinajstić information content (AvgIpc) is 3.22. The summed E-state index contributed by atoms with van der Waals surface area (Å²) in [6, 6.07) is 1.14. The Morgan fingerprint density at radius 3 is 2.54 bits per heavy atom. The molecule has 142 valence electrons. The van der Waals surface area contributed by atoms with Crippen LogP contribution >= 0.6 is 11.3 Å². The minimum atomic E-state index is -3.49. The summed E-state index contributed by atoms with van der Waals surface area (Å²) >= 11 is 0.945. The van der Waals surface area contributed by atoms with Crippen molar-refractivity contribution in [2.75, 3.05) is 43.2 Å². The van der Waals surface area contributed by atoms with Crippen LogP contribution in [0.15, 0.2) is 14.8 Å². The third kappa shape index (κ3) is 3.65. The van der Waals surface area contributed by atoms with Crippen molar-refractivity contribution >= 4 is 37.8 Å². The Labute approximate surface area is 154 Å². The van der Waals surface area contributed by atoms with Crippen molar-refractivity contribution in [1.82, 2.24) is 10.1 Å². The van der Waals surface area contributed by atoms with Crippen molar-refractivity contribution in [2.24, 2.45) is 0 Å². The summed E-state index contributed by atoms with van der Waals surface area (Å²) in [6.07, 6.45) is 2.44. The molecule has 3 heterocycles. The number of piperidine rings is 1. The van der Waals surface area contributed by atoms with E-state index in [0.717, 1.165) is 23.7 Å². The molecule has 2 aromatic rings. The molecule has 10 nitrogen and oxygen atoms in total. The molecule has 0 aromatic carbocycles. The number of nitro groups is 1. The molecule has 0 bridgehead atoms. The highest BCUT2D eigenvalue weighted by molar-refractivity contribution is 7.92. The minimum Gasteiger partial charge on any atom is -0.358 e. The van der Waals surface area contributed by atoms with Gasteiger partial charge in [-0.2, -0.15) is 4.98 Å². The lowest BCUT2D eigenvalue weighted by molar-refractivity contribution is -0.383. The van der Waals surface area contributed by atoms with Crippen molar-refractivity contribution in [3.05, 3.63) is 22.1 Å². The number of sulfone groups is 1. The molecule has 0 unspecified atom stereocenters. The molecule has 2 aromatic heterocycles. The molecular formula is C14H19N5O5S2. The molecule has 0 radical (unpaired) electrons. The fourth-order valence-electron chi connectivity index (χ4n) is 2.79. The number of rotatable bonds is 5. The molecule has 0 N–H and O–H groups in total. The first-order chi connectivity index (χ1) is 12.2. The number of aromatic nitrogens is 2. The van der Waals surface area contributed by atoms with Crippen molar-refractivity contribution in [2.45, 2.75) is 23.0 Å². The van der Waals surface area contributed by atoms with Crippen LogP contribution in [0.25, 0.3) is 0 Å². The average molecular weight is 401 g/mol. The second-order valence-corrected chi connectivity index (χ2v) is 9.65. The van der Waals surface area contributed by atoms with E-state index in [1.54, 1.807) is 4.90 Å². The molecule has 0 saturated carbocycles. The van der Waals surface area contributed by atoms with Gasteiger partial charge in [0.15, 0.2) is 14.8 Å². The lowest BCUT2D eigenvalue weighted by Crippen LogP contribution is -2.32. The number of hydrogen-bond acceptors (Lipinski definition) is 10. The predicted molar refractivity (Wildman–Crippen MR) is 96.9 cm³/mol. The zero-order valence-corrected chi connectivity index (χ0v) is 16.2. The maximum Gasteiger partial charge on any atom is 0.305 e. The van der Waals surface area contributed by atoms with E-state index in [4.69, 9.17) is 4.52 Å². The van der Waals surface area contributed by atoms with Gasteiger partial charge in [0.1, 0.15) is 4.21 Å². The first-order valence-electron chi connectivity index (χ1n) is 7.91. The van der Waals surface area contributed by atoms with Crippen LogP contribution in [0.3, 0.4) is 0 Å². The Morgan fingerprint density at radius 2 is 2.04 bits per heavy atom. The molecule has 0 amide bonds. The van der Waals surface area contributed by atoms with Crippen LogP contribution in [-0.2, 0) is 9.84 Å². The standard InChI is InChI=1S/C14H19N5O5S2/c1-17(2)14-15-12(24-16-14)9-4-6-18(7-5-9)13-10(19(20)21)8-11(25-13)26(3,22)23/h8-9H,4-7H2,1-3H3. The number of nitrogens with zero attached hydrogens (tertiary/aromatic N) is 5. The van der Waals surface area contributed by atoms with Crippen LogP contribution in [0.5, 0.6) is 0 Å². The summed E-state index contributed by atoms with van der Waals surface area (Å²) in [4.78, 5) is 18.7. The van der Waals surface area contributed by atoms with E-state index in [1.165, 1.54) is 0 Å². The summed E-state index contributed by atoms with van der Waals surface area (Å²) in [5, 5.41) is 15.6. The van der Waals surface area contributed by atoms with Crippen LogP contribution in [0, 0.1) is 10.1 Å². The molecule has 1 saturated heterocycles. The van der Waals surface area contributed by atoms with Crippen molar-refractivity contribution < 1.29 is 17.9 Å². The Hall–Kier alpha value is -2.21. The first kappa shape index (κ1) is 18.6. The van der Waals surface area contributed by atoms with E-state index in [1.807, 2.05) is 19.0 Å². The second-order valence-electron chi connectivity index (χ2n) is 6.37. The zero-order chi connectivity index (χ0) is 19.1. The van der Waals surface area contributed by atoms with Gasteiger partial charge >= 0.3 is 5.69 Å². The predicted octanol–water partition coefficient (Wildman–Crippen LogP) is 1.89. The third-order valence-corrected chi connectivity index (χ3v) is 7.18. The van der Waals surface area contributed by atoms with Gasteiger partial charge in [-0.15, -0.1) is 0 Å². The second kappa shape index (κ2) is 6.83. The summed E-state index contributed by atoms with van der Waals surface area (Å²) in [5.41, 5.74) is -0.165. The van der Waals surface area contributed by atoms with E-state index < -0.39 is 14.8 Å². The summed E-state index contributed by atoms with van der Waals surface area (Å²) in [7, 11) is 0.165. The van der Waals surface area contributed by atoms with Crippen LogP contribution in [0.4, 0.5) is 16.6 Å². The molecule has 26 heavy (non-hydrogen) atoms. The number of anilines is 2. The number of thiophene rings is 1. The quantitative estimate of drug-likeness (QED) is 0.546. The van der Waals surface area contributed by atoms with E-state index in [2.05, 4.69) is 10.1 Å². The molecule has 0 atom stereocenters. The third-order valence-electron chi connectivity index (χ3n) is 4.20. The molecule has 3 rings (SSSR count). The largest absolute Gasteiger partial charge is 0.358 e. The Balaban J connectivity index is 1.77. The van der Waals surface area contributed by atoms with Gasteiger partial charge in [-0.1, -0.05) is 11.3 Å². The van der Waals surface area contributed by atoms with Crippen molar-refractivity contribution in [3.8, 4) is 0 Å². The summed E-state index contributed by atoms with van der Waals surface area (Å²) < 4.78 is 28.8. The van der Waals surface area contributed by atoms with E-state index in [-0.39, 0.29) is 15.8 Å². The van der Waals surface area contributed by atoms with Gasteiger partial charge in [-0.25, -0.2) is 8.42 Å². The summed E-state index contributed by atoms with van der Waals surface area (Å²) in [6.45, 7) is 1.10. The smallest absolute Gasteiger partial charge is 0.305 e. The van der Waals surface area contributed by atoms with E-state index >= 15 is 0 Å². The van der Waals surface area contributed by atoms with E-state index in [9.17, 15) is 18.5 Å². The highest BCUT2D eigenvalue weighted by Crippen LogP contribution is 2.42. The van der Waals surface area contributed by atoms with Crippen molar-refractivity contribution in [1.29, 1.82) is 0 Å². The van der Waals surface area contributed by atoms with Gasteiger partial charge in [0.25, 0.3) is 5.95 Å². The molecule has 1 fully saturated rings. The first-order valence-corrected chi connectivity index (χ1v) is 10.6. The SMILES string of the molecule is CN(C)c1noc(C2CCN(c3sc(S(C)(=O)=O)cc3[N+](=O)[O-])CC2)n1. The fourth-order valence-corrected chi connectivity index (χ4v) is 4.87. The van der Waals surface area contributed by atoms with Gasteiger partial charge in [-0.05, 0) is 18.0 Å². The zero-order valence-electron chi connectivity index (χ0n) is 14.6. The highest BCUT2D eigenvalue weighted by atomic mass is 32.2. The van der Waals surface area contributed by atoms with Gasteiger partial charge in [0.05, 0.1) is 4.92 Å². The van der Waals surface area contributed by atoms with Gasteiger partial charge in [-0.3, -0.25) is 10.1 Å². The molecule has 1 aliphatic rings. The Bertz CT molecular complexity index is 912. The minimum absolute atomic E-state index is 0.00819. The lowest BCUT2D eigenvalue weighted by Gasteiger charge is -2.30. The fraction of sp³-hybridized carbons (Fsp3) is 0.571. The maximum absolute atomic E-state index is 11.7. The van der Waals surface area contributed by atoms with E-state index in [0.29, 0.717) is 42.8 Å². The van der Waals surface area contributed by atoms with Crippen LogP contribution in [0.1, 0.15) is 24.7 Å². The molecule has 1 aliphatic heterocycles. The number of hydrogen-bond donors (Lipinski definition) is 0. The molecule has 12 heteroatoms. The Morgan fingerprint density at radius 1 is 1.38 bits per heavy atom. The lowest BCUT2D eigenvalue weighted by atomic mass is 9.97. The van der Waals surface area contributed by atoms with Crippen LogP contribution < -0.4 is 9.80 Å². The topological polar surface area (TPSA) is 123 Å². The molecule has 0 spiro atoms. The molecular weight excluding hydrogens is 382 g/mol. The van der Waals surface area contributed by atoms with Gasteiger partial charge in [0, 0.05) is 45.4 Å². The van der Waals surface area contributed by atoms with Crippen LogP contribution in [0.2, 0.25) is 0 Å². The van der Waals surface area contributed by atoms with Gasteiger partial charge < -0.3 is 14.3 Å².